The number of fused-ring (bicyclic) bond motifs is 3. The lowest BCUT2D eigenvalue weighted by atomic mass is 9.84. The number of imidazole rings is 1. The Kier molecular flexibility index (Phi) is 7.54. The summed E-state index contributed by atoms with van der Waals surface area (Å²) in [6.45, 7) is 2.83. The van der Waals surface area contributed by atoms with E-state index in [0.29, 0.717) is 52.9 Å². The Labute approximate surface area is 289 Å². The number of aromatic nitrogens is 4. The minimum atomic E-state index is -0.171. The Hall–Kier alpha value is -5.78. The Balaban J connectivity index is 1.10. The van der Waals surface area contributed by atoms with Gasteiger partial charge in [0.2, 0.25) is 5.91 Å². The third-order valence-electron chi connectivity index (χ3n) is 9.79. The molecule has 2 N–H and O–H groups in total. The lowest BCUT2D eigenvalue weighted by Crippen LogP contribution is -2.43. The highest BCUT2D eigenvalue weighted by molar-refractivity contribution is 5.99. The van der Waals surface area contributed by atoms with Crippen LogP contribution in [0, 0.1) is 12.8 Å². The molecule has 3 aromatic heterocycles. The van der Waals surface area contributed by atoms with Gasteiger partial charge in [-0.15, -0.1) is 5.10 Å². The van der Waals surface area contributed by atoms with Crippen LogP contribution in [0.2, 0.25) is 0 Å². The Morgan fingerprint density at radius 2 is 1.80 bits per heavy atom. The summed E-state index contributed by atoms with van der Waals surface area (Å²) >= 11 is 0. The second-order valence-electron chi connectivity index (χ2n) is 13.8. The first-order chi connectivity index (χ1) is 24.1. The average Bonchev–Trinajstić information content (AvgIpc) is 4.05. The Morgan fingerprint density at radius 1 is 1.00 bits per heavy atom. The van der Waals surface area contributed by atoms with E-state index in [1.54, 1.807) is 37.9 Å². The molecule has 2 aromatic carbocycles. The molecule has 50 heavy (non-hydrogen) atoms. The molecule has 8 rings (SSSR count). The van der Waals surface area contributed by atoms with Crippen molar-refractivity contribution in [3.05, 3.63) is 95.1 Å². The molecule has 2 saturated carbocycles. The zero-order valence-electron chi connectivity index (χ0n) is 28.5. The molecule has 254 valence electrons. The highest BCUT2D eigenvalue weighted by Gasteiger charge is 2.51. The van der Waals surface area contributed by atoms with Gasteiger partial charge in [-0.3, -0.25) is 14.4 Å². The summed E-state index contributed by atoms with van der Waals surface area (Å²) in [5, 5.41) is 11.0. The van der Waals surface area contributed by atoms with Gasteiger partial charge >= 0.3 is 0 Å². The second-order valence-corrected chi connectivity index (χ2v) is 13.8. The molecule has 0 unspecified atom stereocenters. The predicted octanol–water partition coefficient (Wildman–Crippen LogP) is 5.59. The number of para-hydroxylation sites is 1. The maximum absolute atomic E-state index is 13.9. The van der Waals surface area contributed by atoms with Crippen molar-refractivity contribution in [3.8, 4) is 16.9 Å². The molecule has 12 nitrogen and oxygen atoms in total. The fraction of sp³-hybridized carbons (Fsp3) is 0.316. The Morgan fingerprint density at radius 3 is 2.54 bits per heavy atom. The summed E-state index contributed by atoms with van der Waals surface area (Å²) < 4.78 is 7.70. The largest absolute Gasteiger partial charge is 0.494 e. The molecule has 5 aromatic rings. The molecule has 1 aliphatic heterocycles. The molecule has 12 heteroatoms. The standard InChI is InChI=1S/C38H38N8O4/c1-22-19-46-34(39-22)31(18-32(43-46)42-35(47)23-11-12-23)41-29-9-6-8-26(33(29)50-4)24-13-14-27-28(17-24)38(15-16-38)21-45(36(27)48)20-25-7-5-10-30(40-25)37(49)44(2)3/h5-10,13-14,17-19,23,41H,11-12,15-16,20-21H2,1-4H3,(H,42,43,47). The van der Waals surface area contributed by atoms with Crippen LogP contribution in [0.25, 0.3) is 16.8 Å². The van der Waals surface area contributed by atoms with Crippen molar-refractivity contribution in [3.63, 3.8) is 0 Å². The van der Waals surface area contributed by atoms with Crippen LogP contribution in [0.15, 0.2) is 66.9 Å². The Bertz CT molecular complexity index is 2200. The van der Waals surface area contributed by atoms with Gasteiger partial charge in [0.15, 0.2) is 11.5 Å². The molecule has 0 radical (unpaired) electrons. The van der Waals surface area contributed by atoms with Crippen molar-refractivity contribution in [2.45, 2.75) is 44.6 Å². The molecule has 3 aliphatic rings. The first kappa shape index (κ1) is 31.5. The second kappa shape index (κ2) is 12.0. The van der Waals surface area contributed by atoms with Gasteiger partial charge in [0.1, 0.15) is 11.4 Å². The highest BCUT2D eigenvalue weighted by atomic mass is 16.5. The van der Waals surface area contributed by atoms with Gasteiger partial charge in [-0.1, -0.05) is 24.3 Å². The SMILES string of the molecule is COc1c(Nc2cc(NC(=O)C3CC3)nn3cc(C)nc23)cccc1-c1ccc2c(c1)C1(CC1)CN(Cc1cccc(C(=O)N(C)C)n1)C2=O. The van der Waals surface area contributed by atoms with Crippen LogP contribution in [0.5, 0.6) is 5.75 Å². The molecule has 2 fully saturated rings. The predicted molar refractivity (Wildman–Crippen MR) is 189 cm³/mol. The van der Waals surface area contributed by atoms with Gasteiger partial charge < -0.3 is 25.2 Å². The fourth-order valence-corrected chi connectivity index (χ4v) is 6.89. The van der Waals surface area contributed by atoms with E-state index in [2.05, 4.69) is 31.8 Å². The number of pyridine rings is 1. The molecular weight excluding hydrogens is 632 g/mol. The summed E-state index contributed by atoms with van der Waals surface area (Å²) in [5.41, 5.74) is 7.32. The smallest absolute Gasteiger partial charge is 0.271 e. The third-order valence-corrected chi connectivity index (χ3v) is 9.79. The van der Waals surface area contributed by atoms with Crippen LogP contribution >= 0.6 is 0 Å². The van der Waals surface area contributed by atoms with Gasteiger partial charge in [-0.05, 0) is 74.1 Å². The molecule has 4 heterocycles. The van der Waals surface area contributed by atoms with Gasteiger partial charge in [-0.2, -0.15) is 0 Å². The van der Waals surface area contributed by atoms with Gasteiger partial charge in [0.05, 0.1) is 42.6 Å². The lowest BCUT2D eigenvalue weighted by molar-refractivity contribution is -0.117. The number of aryl methyl sites for hydroxylation is 1. The van der Waals surface area contributed by atoms with E-state index in [1.807, 2.05) is 60.5 Å². The number of carbonyl (C=O) groups excluding carboxylic acids is 3. The van der Waals surface area contributed by atoms with E-state index in [9.17, 15) is 14.4 Å². The monoisotopic (exact) mass is 670 g/mol. The summed E-state index contributed by atoms with van der Waals surface area (Å²) in [6.07, 6.45) is 5.59. The van der Waals surface area contributed by atoms with Crippen LogP contribution in [0.1, 0.15) is 63.5 Å². The van der Waals surface area contributed by atoms with E-state index < -0.39 is 0 Å². The van der Waals surface area contributed by atoms with Crippen LogP contribution in [0.3, 0.4) is 0 Å². The number of hydrogen-bond acceptors (Lipinski definition) is 8. The van der Waals surface area contributed by atoms with Crippen LogP contribution in [-0.2, 0) is 16.8 Å². The number of methoxy groups -OCH3 is 1. The van der Waals surface area contributed by atoms with Crippen molar-refractivity contribution in [2.24, 2.45) is 5.92 Å². The number of benzene rings is 2. The fourth-order valence-electron chi connectivity index (χ4n) is 6.89. The topological polar surface area (TPSA) is 134 Å². The van der Waals surface area contributed by atoms with Crippen molar-refractivity contribution >= 4 is 40.6 Å². The molecule has 0 saturated heterocycles. The average molecular weight is 671 g/mol. The van der Waals surface area contributed by atoms with E-state index in [1.165, 1.54) is 4.90 Å². The number of anilines is 3. The number of carbonyl (C=O) groups is 3. The molecule has 1 spiro atoms. The quantitative estimate of drug-likeness (QED) is 0.207. The number of rotatable bonds is 9. The number of hydrogen-bond donors (Lipinski definition) is 2. The molecular formula is C38H38N8O4. The molecule has 3 amide bonds. The van der Waals surface area contributed by atoms with E-state index in [-0.39, 0.29) is 29.1 Å². The maximum atomic E-state index is 13.9. The molecule has 0 atom stereocenters. The van der Waals surface area contributed by atoms with Gasteiger partial charge in [0, 0.05) is 49.2 Å². The van der Waals surface area contributed by atoms with Crippen molar-refractivity contribution in [1.29, 1.82) is 0 Å². The van der Waals surface area contributed by atoms with Crippen molar-refractivity contribution < 1.29 is 19.1 Å². The van der Waals surface area contributed by atoms with Crippen molar-refractivity contribution in [2.75, 3.05) is 38.4 Å². The van der Waals surface area contributed by atoms with E-state index in [4.69, 9.17) is 4.74 Å². The maximum Gasteiger partial charge on any atom is 0.271 e. The third kappa shape index (κ3) is 5.70. The summed E-state index contributed by atoms with van der Waals surface area (Å²) in [7, 11) is 5.04. The summed E-state index contributed by atoms with van der Waals surface area (Å²) in [4.78, 5) is 51.6. The number of ether oxygens (including phenoxy) is 1. The zero-order chi connectivity index (χ0) is 34.7. The summed E-state index contributed by atoms with van der Waals surface area (Å²) in [5.74, 6) is 0.891. The number of nitrogens with zero attached hydrogens (tertiary/aromatic N) is 6. The minimum absolute atomic E-state index is 0.0241. The van der Waals surface area contributed by atoms with Crippen molar-refractivity contribution in [1.82, 2.24) is 29.4 Å². The molecule has 2 aliphatic carbocycles. The first-order valence-corrected chi connectivity index (χ1v) is 16.9. The minimum Gasteiger partial charge on any atom is -0.494 e. The first-order valence-electron chi connectivity index (χ1n) is 16.9. The molecule has 0 bridgehead atoms. The van der Waals surface area contributed by atoms with Gasteiger partial charge in [0.25, 0.3) is 11.8 Å². The van der Waals surface area contributed by atoms with Crippen LogP contribution < -0.4 is 15.4 Å². The zero-order valence-corrected chi connectivity index (χ0v) is 28.5. The lowest BCUT2D eigenvalue weighted by Gasteiger charge is -2.35. The van der Waals surface area contributed by atoms with E-state index >= 15 is 0 Å². The van der Waals surface area contributed by atoms with E-state index in [0.717, 1.165) is 53.8 Å². The normalized spacial score (nSPS) is 15.9. The van der Waals surface area contributed by atoms with Crippen LogP contribution in [-0.4, -0.2) is 74.9 Å². The highest BCUT2D eigenvalue weighted by Crippen LogP contribution is 2.53. The van der Waals surface area contributed by atoms with Gasteiger partial charge in [-0.25, -0.2) is 14.5 Å². The number of nitrogens with one attached hydrogen (secondary N) is 2. The number of amides is 3. The van der Waals surface area contributed by atoms with Crippen LogP contribution in [0.4, 0.5) is 17.2 Å². The summed E-state index contributed by atoms with van der Waals surface area (Å²) in [6, 6.07) is 19.1.